The van der Waals surface area contributed by atoms with Crippen LogP contribution in [-0.4, -0.2) is 0.737 Å². The maximum atomic E-state index is 3.84. The van der Waals surface area contributed by atoms with Crippen molar-refractivity contribution in [1.29, 1.82) is 0 Å². The summed E-state index contributed by atoms with van der Waals surface area (Å²) in [5.41, 5.74) is 5.15. The van der Waals surface area contributed by atoms with E-state index < -0.39 is 0 Å². The molecule has 1 heteroatoms. The second-order valence-corrected chi connectivity index (χ2v) is 3.97. The van der Waals surface area contributed by atoms with E-state index in [-0.39, 0.29) is 0 Å². The van der Waals surface area contributed by atoms with Crippen LogP contribution in [0.2, 0.25) is 0 Å². The molecular formula is C14H12Yb. The van der Waals surface area contributed by atoms with E-state index in [2.05, 4.69) is 87.1 Å². The third-order valence-corrected chi connectivity index (χ3v) is 3.16. The first-order chi connectivity index (χ1) is 7.35. The summed E-state index contributed by atoms with van der Waals surface area (Å²) in [5, 5.41) is 0. The predicted molar refractivity (Wildman–Crippen MR) is 62.5 cm³/mol. The summed E-state index contributed by atoms with van der Waals surface area (Å²) in [7, 11) is 0. The van der Waals surface area contributed by atoms with E-state index in [0.29, 0.717) is 0 Å². The van der Waals surface area contributed by atoms with Gasteiger partial charge < -0.3 is 0 Å². The average Bonchev–Trinajstić information content (AvgIpc) is 2.47. The van der Waals surface area contributed by atoms with Crippen molar-refractivity contribution >= 4 is 6.81 Å². The summed E-state index contributed by atoms with van der Waals surface area (Å²) in [4.78, 5) is 0. The van der Waals surface area contributed by atoms with Crippen LogP contribution in [0.25, 0.3) is 6.08 Å². The molecule has 0 unspecified atom stereocenters. The molecule has 0 nitrogen and oxygen atoms in total. The molecule has 1 aromatic carbocycles. The SMILES string of the molecule is C=CC1=C([CH]=[Yb])Cc2ccccc2C=C1. The quantitative estimate of drug-likeness (QED) is 0.767. The third-order valence-electron chi connectivity index (χ3n) is 2.56. The van der Waals surface area contributed by atoms with Gasteiger partial charge in [-0.3, -0.25) is 0 Å². The van der Waals surface area contributed by atoms with E-state index >= 15 is 0 Å². The molecule has 0 N–H and O–H groups in total. The van der Waals surface area contributed by atoms with E-state index in [4.69, 9.17) is 0 Å². The van der Waals surface area contributed by atoms with Gasteiger partial charge in [-0.2, -0.15) is 0 Å². The number of benzene rings is 1. The van der Waals surface area contributed by atoms with Crippen molar-refractivity contribution in [2.45, 2.75) is 6.42 Å². The normalized spacial score (nSPS) is 14.5. The zero-order valence-electron chi connectivity index (χ0n) is 8.30. The molecule has 0 atom stereocenters. The maximum absolute atomic E-state index is 3.84. The van der Waals surface area contributed by atoms with Gasteiger partial charge in [0, 0.05) is 0 Å². The molecule has 0 saturated carbocycles. The second-order valence-electron chi connectivity index (χ2n) is 3.47. The summed E-state index contributed by atoms with van der Waals surface area (Å²) in [6, 6.07) is 8.48. The summed E-state index contributed by atoms with van der Waals surface area (Å²) in [5.74, 6) is 0. The van der Waals surface area contributed by atoms with Crippen LogP contribution in [0.1, 0.15) is 11.1 Å². The van der Waals surface area contributed by atoms with Gasteiger partial charge >= 0.3 is 123 Å². The van der Waals surface area contributed by atoms with Crippen molar-refractivity contribution in [3.05, 3.63) is 65.3 Å². The first-order valence-electron chi connectivity index (χ1n) is 4.84. The van der Waals surface area contributed by atoms with Crippen LogP contribution in [0.5, 0.6) is 0 Å². The molecule has 0 radical (unpaired) electrons. The molecule has 0 heterocycles. The molecule has 0 fully saturated rings. The second kappa shape index (κ2) is 5.25. The molecule has 0 aromatic heterocycles. The summed E-state index contributed by atoms with van der Waals surface area (Å²) < 4.78 is 2.03. The molecule has 1 aliphatic carbocycles. The van der Waals surface area contributed by atoms with Gasteiger partial charge in [0.2, 0.25) is 0 Å². The fourth-order valence-corrected chi connectivity index (χ4v) is 2.18. The van der Waals surface area contributed by atoms with Gasteiger partial charge in [-0.05, 0) is 0 Å². The minimum absolute atomic E-state index is 0.966. The molecule has 0 bridgehead atoms. The predicted octanol–water partition coefficient (Wildman–Crippen LogP) is 3.09. The van der Waals surface area contributed by atoms with Crippen LogP contribution in [0.15, 0.2) is 54.1 Å². The minimum atomic E-state index is 0.966. The topological polar surface area (TPSA) is 0 Å². The van der Waals surface area contributed by atoms with Crippen molar-refractivity contribution in [3.63, 3.8) is 0 Å². The van der Waals surface area contributed by atoms with Gasteiger partial charge in [0.15, 0.2) is 0 Å². The molecule has 1 aromatic rings. The zero-order valence-corrected chi connectivity index (χ0v) is 10.0. The zero-order chi connectivity index (χ0) is 10.7. The molecule has 0 saturated heterocycles. The Hall–Kier alpha value is -0.171. The van der Waals surface area contributed by atoms with Crippen molar-refractivity contribution in [2.24, 2.45) is 0 Å². The van der Waals surface area contributed by atoms with Crippen LogP contribution in [0.4, 0.5) is 0 Å². The fraction of sp³-hybridized carbons (Fsp3) is 0.0714. The van der Waals surface area contributed by atoms with E-state index in [1.165, 1.54) is 22.3 Å². The van der Waals surface area contributed by atoms with E-state index in [1.54, 1.807) is 0 Å². The number of allylic oxidation sites excluding steroid dienone is 4. The Kier molecular flexibility index (Phi) is 3.96. The third kappa shape index (κ3) is 2.50. The number of fused-ring (bicyclic) bond motifs is 1. The molecule has 2 rings (SSSR count). The summed E-state index contributed by atoms with van der Waals surface area (Å²) in [6.07, 6.45) is 7.15. The number of rotatable bonds is 2. The monoisotopic (exact) mass is 354 g/mol. The van der Waals surface area contributed by atoms with Gasteiger partial charge in [0.1, 0.15) is 0 Å². The van der Waals surface area contributed by atoms with Crippen LogP contribution >= 0.6 is 0 Å². The van der Waals surface area contributed by atoms with Gasteiger partial charge in [0.05, 0.1) is 0 Å². The van der Waals surface area contributed by atoms with Crippen molar-refractivity contribution in [3.8, 4) is 0 Å². The van der Waals surface area contributed by atoms with Crippen molar-refractivity contribution in [2.75, 3.05) is 0 Å². The summed E-state index contributed by atoms with van der Waals surface area (Å²) in [6.45, 7) is 3.84. The van der Waals surface area contributed by atoms with E-state index in [1.807, 2.05) is 6.81 Å². The standard InChI is InChI=1S/C14H12.Yb/c1-3-12-8-9-13-6-4-5-7-14(13)10-11(12)2;/h2-9H,1,10H2;. The van der Waals surface area contributed by atoms with Crippen molar-refractivity contribution in [1.82, 2.24) is 0 Å². The molecule has 0 spiro atoms. The van der Waals surface area contributed by atoms with Gasteiger partial charge in [-0.15, -0.1) is 0 Å². The van der Waals surface area contributed by atoms with Gasteiger partial charge in [-0.1, -0.05) is 0 Å². The van der Waals surface area contributed by atoms with Crippen LogP contribution in [0, 0.1) is 44.1 Å². The molecule has 0 amide bonds. The Bertz CT molecular complexity index is 464. The van der Waals surface area contributed by atoms with Crippen molar-refractivity contribution < 1.29 is 44.1 Å². The Labute approximate surface area is 121 Å². The Morgan fingerprint density at radius 2 is 2.00 bits per heavy atom. The average molecular weight is 353 g/mol. The van der Waals surface area contributed by atoms with Crippen LogP contribution < -0.4 is 0 Å². The van der Waals surface area contributed by atoms with E-state index in [9.17, 15) is 0 Å². The molecule has 82 valence electrons. The molecule has 1 aliphatic rings. The van der Waals surface area contributed by atoms with Crippen LogP contribution in [0.3, 0.4) is 0 Å². The first kappa shape index (κ1) is 11.3. The number of hydrogen-bond acceptors (Lipinski definition) is 0. The molecule has 0 aliphatic heterocycles. The Morgan fingerprint density at radius 3 is 2.73 bits per heavy atom. The fourth-order valence-electron chi connectivity index (χ4n) is 1.72. The Morgan fingerprint density at radius 1 is 1.20 bits per heavy atom. The van der Waals surface area contributed by atoms with Crippen LogP contribution in [-0.2, 0) is 6.42 Å². The molecule has 15 heavy (non-hydrogen) atoms. The number of hydrogen-bond donors (Lipinski definition) is 0. The summed E-state index contributed by atoms with van der Waals surface area (Å²) >= 11 is 3.07. The van der Waals surface area contributed by atoms with Gasteiger partial charge in [-0.25, -0.2) is 0 Å². The van der Waals surface area contributed by atoms with E-state index in [0.717, 1.165) is 6.42 Å². The molecular weight excluding hydrogens is 341 g/mol. The Balaban J connectivity index is 2.53. The first-order valence-corrected chi connectivity index (χ1v) is 5.83. The van der Waals surface area contributed by atoms with Gasteiger partial charge in [0.25, 0.3) is 0 Å².